The van der Waals surface area contributed by atoms with Crippen molar-refractivity contribution in [3.8, 4) is 11.5 Å². The van der Waals surface area contributed by atoms with Crippen molar-refractivity contribution in [3.05, 3.63) is 59.7 Å². The standard InChI is InChI=1S/C22H24N2O4/c1-15-21(28-19-6-3-2-5-18(19)27-15)22(26)23-13-16-8-10-17(11-9-16)14-24-12-4-7-20(24)25/h2-3,5-6,8-11,15,21H,4,7,12-14H2,1H3,(H,23,26)/t15-,21-/m0/s1. The number of nitrogens with zero attached hydrogens (tertiary/aromatic N) is 1. The minimum absolute atomic E-state index is 0.200. The molecule has 0 aliphatic carbocycles. The van der Waals surface area contributed by atoms with Gasteiger partial charge in [-0.25, -0.2) is 0 Å². The third-order valence-corrected chi connectivity index (χ3v) is 5.14. The van der Waals surface area contributed by atoms with Gasteiger partial charge >= 0.3 is 0 Å². The zero-order chi connectivity index (χ0) is 19.5. The van der Waals surface area contributed by atoms with Crippen LogP contribution in [0.25, 0.3) is 0 Å². The smallest absolute Gasteiger partial charge is 0.265 e. The maximum Gasteiger partial charge on any atom is 0.265 e. The Bertz CT molecular complexity index is 865. The quantitative estimate of drug-likeness (QED) is 0.866. The molecular weight excluding hydrogens is 356 g/mol. The molecule has 28 heavy (non-hydrogen) atoms. The molecule has 6 heteroatoms. The number of para-hydroxylation sites is 2. The Morgan fingerprint density at radius 3 is 2.43 bits per heavy atom. The summed E-state index contributed by atoms with van der Waals surface area (Å²) in [5, 5.41) is 2.92. The Kier molecular flexibility index (Phi) is 5.19. The Labute approximate surface area is 164 Å². The lowest BCUT2D eigenvalue weighted by Gasteiger charge is -2.31. The molecule has 146 valence electrons. The number of hydrogen-bond acceptors (Lipinski definition) is 4. The van der Waals surface area contributed by atoms with Gasteiger partial charge in [0.25, 0.3) is 5.91 Å². The molecule has 2 aliphatic rings. The van der Waals surface area contributed by atoms with E-state index in [1.807, 2.05) is 54.3 Å². The van der Waals surface area contributed by atoms with Crippen molar-refractivity contribution in [1.29, 1.82) is 0 Å². The van der Waals surface area contributed by atoms with Crippen LogP contribution < -0.4 is 14.8 Å². The minimum atomic E-state index is -0.685. The second kappa shape index (κ2) is 7.92. The molecule has 1 fully saturated rings. The van der Waals surface area contributed by atoms with Gasteiger partial charge in [-0.05, 0) is 36.6 Å². The fraction of sp³-hybridized carbons (Fsp3) is 0.364. The number of amides is 2. The largest absolute Gasteiger partial charge is 0.482 e. The molecule has 0 aromatic heterocycles. The van der Waals surface area contributed by atoms with E-state index in [4.69, 9.17) is 9.47 Å². The van der Waals surface area contributed by atoms with Crippen molar-refractivity contribution in [1.82, 2.24) is 10.2 Å². The van der Waals surface area contributed by atoms with E-state index in [2.05, 4.69) is 5.32 Å². The Morgan fingerprint density at radius 2 is 1.75 bits per heavy atom. The Hall–Kier alpha value is -3.02. The van der Waals surface area contributed by atoms with Crippen molar-refractivity contribution >= 4 is 11.8 Å². The normalized spacial score (nSPS) is 20.9. The first-order valence-corrected chi connectivity index (χ1v) is 9.66. The lowest BCUT2D eigenvalue weighted by atomic mass is 10.1. The first-order valence-electron chi connectivity index (χ1n) is 9.66. The highest BCUT2D eigenvalue weighted by Crippen LogP contribution is 2.33. The molecule has 2 aromatic carbocycles. The summed E-state index contributed by atoms with van der Waals surface area (Å²) in [6.07, 6.45) is 0.546. The van der Waals surface area contributed by atoms with Crippen LogP contribution >= 0.6 is 0 Å². The van der Waals surface area contributed by atoms with E-state index in [-0.39, 0.29) is 17.9 Å². The van der Waals surface area contributed by atoms with E-state index in [0.29, 0.717) is 31.0 Å². The van der Waals surface area contributed by atoms with Crippen LogP contribution in [0.5, 0.6) is 11.5 Å². The highest BCUT2D eigenvalue weighted by atomic mass is 16.6. The second-order valence-electron chi connectivity index (χ2n) is 7.26. The van der Waals surface area contributed by atoms with Crippen molar-refractivity contribution in [2.24, 2.45) is 0 Å². The van der Waals surface area contributed by atoms with E-state index in [1.165, 1.54) is 0 Å². The molecule has 0 spiro atoms. The molecule has 2 heterocycles. The molecule has 2 atom stereocenters. The molecular formula is C22H24N2O4. The summed E-state index contributed by atoms with van der Waals surface area (Å²) in [5.74, 6) is 1.27. The molecule has 2 amide bonds. The molecule has 6 nitrogen and oxygen atoms in total. The summed E-state index contributed by atoms with van der Waals surface area (Å²) in [7, 11) is 0. The number of carbonyl (C=O) groups is 2. The van der Waals surface area contributed by atoms with Gasteiger partial charge in [0.05, 0.1) is 0 Å². The van der Waals surface area contributed by atoms with E-state index < -0.39 is 6.10 Å². The van der Waals surface area contributed by atoms with E-state index in [1.54, 1.807) is 6.07 Å². The van der Waals surface area contributed by atoms with E-state index in [0.717, 1.165) is 24.1 Å². The van der Waals surface area contributed by atoms with Crippen LogP contribution in [-0.4, -0.2) is 35.5 Å². The van der Waals surface area contributed by atoms with Crippen molar-refractivity contribution in [2.45, 2.75) is 45.1 Å². The topological polar surface area (TPSA) is 67.9 Å². The molecule has 0 saturated carbocycles. The lowest BCUT2D eigenvalue weighted by molar-refractivity contribution is -0.133. The molecule has 0 radical (unpaired) electrons. The van der Waals surface area contributed by atoms with Crippen LogP contribution in [0.2, 0.25) is 0 Å². The van der Waals surface area contributed by atoms with Gasteiger partial charge in [-0.3, -0.25) is 9.59 Å². The molecule has 4 rings (SSSR count). The maximum absolute atomic E-state index is 12.6. The van der Waals surface area contributed by atoms with Gasteiger partial charge in [0.15, 0.2) is 11.5 Å². The molecule has 0 unspecified atom stereocenters. The highest BCUT2D eigenvalue weighted by Gasteiger charge is 2.33. The number of benzene rings is 2. The Morgan fingerprint density at radius 1 is 1.07 bits per heavy atom. The Balaban J connectivity index is 1.31. The van der Waals surface area contributed by atoms with Gasteiger partial charge in [-0.2, -0.15) is 0 Å². The van der Waals surface area contributed by atoms with Gasteiger partial charge in [-0.1, -0.05) is 36.4 Å². The number of rotatable bonds is 5. The number of nitrogens with one attached hydrogen (secondary N) is 1. The molecule has 2 aromatic rings. The predicted octanol–water partition coefficient (Wildman–Crippen LogP) is 2.65. The van der Waals surface area contributed by atoms with Crippen molar-refractivity contribution in [3.63, 3.8) is 0 Å². The van der Waals surface area contributed by atoms with Crippen LogP contribution in [0.3, 0.4) is 0 Å². The fourth-order valence-corrected chi connectivity index (χ4v) is 3.55. The fourth-order valence-electron chi connectivity index (χ4n) is 3.55. The summed E-state index contributed by atoms with van der Waals surface area (Å²) in [6.45, 7) is 3.72. The van der Waals surface area contributed by atoms with E-state index >= 15 is 0 Å². The molecule has 2 aliphatic heterocycles. The maximum atomic E-state index is 12.6. The van der Waals surface area contributed by atoms with Gasteiger partial charge in [-0.15, -0.1) is 0 Å². The number of hydrogen-bond donors (Lipinski definition) is 1. The monoisotopic (exact) mass is 380 g/mol. The van der Waals surface area contributed by atoms with Crippen LogP contribution in [-0.2, 0) is 22.7 Å². The zero-order valence-corrected chi connectivity index (χ0v) is 15.9. The first-order chi connectivity index (χ1) is 13.6. The molecule has 1 N–H and O–H groups in total. The number of likely N-dealkylation sites (tertiary alicyclic amines) is 1. The number of fused-ring (bicyclic) bond motifs is 1. The molecule has 0 bridgehead atoms. The number of ether oxygens (including phenoxy) is 2. The van der Waals surface area contributed by atoms with Crippen LogP contribution in [0, 0.1) is 0 Å². The zero-order valence-electron chi connectivity index (χ0n) is 15.9. The van der Waals surface area contributed by atoms with Gasteiger partial charge in [0.1, 0.15) is 6.10 Å². The van der Waals surface area contributed by atoms with Crippen LogP contribution in [0.15, 0.2) is 48.5 Å². The minimum Gasteiger partial charge on any atom is -0.482 e. The van der Waals surface area contributed by atoms with Crippen LogP contribution in [0.1, 0.15) is 30.9 Å². The predicted molar refractivity (Wildman–Crippen MR) is 104 cm³/mol. The van der Waals surface area contributed by atoms with E-state index in [9.17, 15) is 9.59 Å². The highest BCUT2D eigenvalue weighted by molar-refractivity contribution is 5.82. The molecule has 1 saturated heterocycles. The van der Waals surface area contributed by atoms with Gasteiger partial charge < -0.3 is 19.7 Å². The summed E-state index contributed by atoms with van der Waals surface area (Å²) < 4.78 is 11.6. The average molecular weight is 380 g/mol. The van der Waals surface area contributed by atoms with Gasteiger partial charge in [0, 0.05) is 26.1 Å². The summed E-state index contributed by atoms with van der Waals surface area (Å²) in [5.41, 5.74) is 2.09. The third-order valence-electron chi connectivity index (χ3n) is 5.14. The first kappa shape index (κ1) is 18.3. The summed E-state index contributed by atoms with van der Waals surface area (Å²) in [6, 6.07) is 15.3. The summed E-state index contributed by atoms with van der Waals surface area (Å²) in [4.78, 5) is 26.2. The van der Waals surface area contributed by atoms with Gasteiger partial charge in [0.2, 0.25) is 12.0 Å². The lowest BCUT2D eigenvalue weighted by Crippen LogP contribution is -2.48. The second-order valence-corrected chi connectivity index (χ2v) is 7.26. The van der Waals surface area contributed by atoms with Crippen LogP contribution in [0.4, 0.5) is 0 Å². The number of carbonyl (C=O) groups excluding carboxylic acids is 2. The summed E-state index contributed by atoms with van der Waals surface area (Å²) >= 11 is 0. The van der Waals surface area contributed by atoms with Crippen molar-refractivity contribution < 1.29 is 19.1 Å². The SMILES string of the molecule is C[C@@H]1Oc2ccccc2O[C@@H]1C(=O)NCc1ccc(CN2CCCC2=O)cc1. The average Bonchev–Trinajstić information content (AvgIpc) is 3.11. The van der Waals surface area contributed by atoms with Crippen molar-refractivity contribution in [2.75, 3.05) is 6.54 Å². The third kappa shape index (κ3) is 3.96.